The summed E-state index contributed by atoms with van der Waals surface area (Å²) in [6.07, 6.45) is 0.997. The highest BCUT2D eigenvalue weighted by Gasteiger charge is 2.09. The lowest BCUT2D eigenvalue weighted by molar-refractivity contribution is -0.118. The van der Waals surface area contributed by atoms with Crippen LogP contribution in [0, 0.1) is 5.92 Å². The van der Waals surface area contributed by atoms with Crippen molar-refractivity contribution in [1.29, 1.82) is 0 Å². The number of hydrogen-bond donors (Lipinski definition) is 1. The fourth-order valence-corrected chi connectivity index (χ4v) is 1.68. The highest BCUT2D eigenvalue weighted by molar-refractivity contribution is 9.10. The third-order valence-corrected chi connectivity index (χ3v) is 2.88. The quantitative estimate of drug-likeness (QED) is 0.893. The Morgan fingerprint density at radius 2 is 2.13 bits per heavy atom. The third-order valence-electron chi connectivity index (χ3n) is 2.22. The van der Waals surface area contributed by atoms with Crippen molar-refractivity contribution < 1.29 is 4.79 Å². The number of anilines is 1. The molecule has 0 aliphatic carbocycles. The molecule has 0 bridgehead atoms. The first kappa shape index (κ1) is 12.2. The van der Waals surface area contributed by atoms with Crippen molar-refractivity contribution in [3.63, 3.8) is 0 Å². The van der Waals surface area contributed by atoms with Gasteiger partial charge in [0.25, 0.3) is 0 Å². The Morgan fingerprint density at radius 3 is 2.60 bits per heavy atom. The molecule has 1 aromatic carbocycles. The number of rotatable bonds is 3. The van der Waals surface area contributed by atoms with Gasteiger partial charge in [-0.3, -0.25) is 4.79 Å². The van der Waals surface area contributed by atoms with Crippen molar-refractivity contribution in [3.8, 4) is 0 Å². The van der Waals surface area contributed by atoms with Gasteiger partial charge in [0, 0.05) is 10.4 Å². The van der Waals surface area contributed by atoms with Crippen molar-refractivity contribution in [2.45, 2.75) is 27.2 Å². The highest BCUT2D eigenvalue weighted by atomic mass is 79.9. The minimum atomic E-state index is 0.00255. The Bertz CT molecular complexity index is 361. The standard InChI is InChI=1S/C12H16BrNO/c1-4-9-5-6-11(10(13)7-9)14-12(15)8(2)3/h5-8H,4H2,1-3H3,(H,14,15). The summed E-state index contributed by atoms with van der Waals surface area (Å²) in [6.45, 7) is 5.86. The highest BCUT2D eigenvalue weighted by Crippen LogP contribution is 2.24. The van der Waals surface area contributed by atoms with Crippen LogP contribution in [0.5, 0.6) is 0 Å². The van der Waals surface area contributed by atoms with Gasteiger partial charge in [-0.15, -0.1) is 0 Å². The summed E-state index contributed by atoms with van der Waals surface area (Å²) in [5.41, 5.74) is 2.09. The number of carbonyl (C=O) groups excluding carboxylic acids is 1. The van der Waals surface area contributed by atoms with Crippen LogP contribution in [0.15, 0.2) is 22.7 Å². The lowest BCUT2D eigenvalue weighted by atomic mass is 10.1. The smallest absolute Gasteiger partial charge is 0.226 e. The molecule has 0 aromatic heterocycles. The van der Waals surface area contributed by atoms with Crippen molar-refractivity contribution in [1.82, 2.24) is 0 Å². The van der Waals surface area contributed by atoms with Crippen LogP contribution >= 0.6 is 15.9 Å². The number of hydrogen-bond acceptors (Lipinski definition) is 1. The summed E-state index contributed by atoms with van der Waals surface area (Å²) in [4.78, 5) is 11.5. The van der Waals surface area contributed by atoms with Crippen LogP contribution in [0.2, 0.25) is 0 Å². The number of aryl methyl sites for hydroxylation is 1. The first-order valence-corrected chi connectivity index (χ1v) is 5.93. The molecule has 0 fully saturated rings. The molecule has 0 saturated carbocycles. The molecule has 0 aliphatic heterocycles. The second-order valence-electron chi connectivity index (χ2n) is 3.81. The van der Waals surface area contributed by atoms with Gasteiger partial charge < -0.3 is 5.32 Å². The van der Waals surface area contributed by atoms with Crippen LogP contribution in [0.4, 0.5) is 5.69 Å². The third kappa shape index (κ3) is 3.34. The predicted octanol–water partition coefficient (Wildman–Crippen LogP) is 3.61. The number of halogens is 1. The molecule has 0 saturated heterocycles. The summed E-state index contributed by atoms with van der Waals surface area (Å²) in [5, 5.41) is 2.88. The Kier molecular flexibility index (Phi) is 4.33. The van der Waals surface area contributed by atoms with E-state index in [2.05, 4.69) is 28.2 Å². The zero-order valence-corrected chi connectivity index (χ0v) is 10.9. The largest absolute Gasteiger partial charge is 0.325 e. The minimum Gasteiger partial charge on any atom is -0.325 e. The van der Waals surface area contributed by atoms with Gasteiger partial charge in [-0.2, -0.15) is 0 Å². The van der Waals surface area contributed by atoms with Gasteiger partial charge in [0.05, 0.1) is 5.69 Å². The van der Waals surface area contributed by atoms with Crippen LogP contribution in [-0.2, 0) is 11.2 Å². The predicted molar refractivity (Wildman–Crippen MR) is 67.0 cm³/mol. The topological polar surface area (TPSA) is 29.1 Å². The number of carbonyl (C=O) groups is 1. The second kappa shape index (κ2) is 5.31. The van der Waals surface area contributed by atoms with E-state index in [4.69, 9.17) is 0 Å². The van der Waals surface area contributed by atoms with Gasteiger partial charge in [0.15, 0.2) is 0 Å². The van der Waals surface area contributed by atoms with E-state index in [0.29, 0.717) is 0 Å². The van der Waals surface area contributed by atoms with Crippen LogP contribution in [-0.4, -0.2) is 5.91 Å². The van der Waals surface area contributed by atoms with Crippen LogP contribution in [0.25, 0.3) is 0 Å². The van der Waals surface area contributed by atoms with Crippen molar-refractivity contribution in [3.05, 3.63) is 28.2 Å². The van der Waals surface area contributed by atoms with Gasteiger partial charge in [0.1, 0.15) is 0 Å². The Labute approximate surface area is 99.2 Å². The van der Waals surface area contributed by atoms with Gasteiger partial charge in [-0.25, -0.2) is 0 Å². The molecule has 1 rings (SSSR count). The zero-order valence-electron chi connectivity index (χ0n) is 9.30. The van der Waals surface area contributed by atoms with E-state index in [1.165, 1.54) is 5.56 Å². The molecule has 0 atom stereocenters. The molecule has 0 radical (unpaired) electrons. The molecular formula is C12H16BrNO. The molecule has 1 amide bonds. The van der Waals surface area contributed by atoms with Gasteiger partial charge in [-0.05, 0) is 40.0 Å². The molecule has 0 heterocycles. The average molecular weight is 270 g/mol. The molecular weight excluding hydrogens is 254 g/mol. The maximum Gasteiger partial charge on any atom is 0.226 e. The summed E-state index contributed by atoms with van der Waals surface area (Å²) in [7, 11) is 0. The van der Waals surface area contributed by atoms with E-state index in [9.17, 15) is 4.79 Å². The number of benzene rings is 1. The van der Waals surface area contributed by atoms with Crippen molar-refractivity contribution >= 4 is 27.5 Å². The molecule has 82 valence electrons. The summed E-state index contributed by atoms with van der Waals surface area (Å²) in [6, 6.07) is 6.00. The number of amides is 1. The van der Waals surface area contributed by atoms with Crippen molar-refractivity contribution in [2.24, 2.45) is 5.92 Å². The maximum absolute atomic E-state index is 11.5. The van der Waals surface area contributed by atoms with Crippen LogP contribution < -0.4 is 5.32 Å². The Hall–Kier alpha value is -0.830. The average Bonchev–Trinajstić information content (AvgIpc) is 2.20. The first-order valence-electron chi connectivity index (χ1n) is 5.14. The molecule has 15 heavy (non-hydrogen) atoms. The lowest BCUT2D eigenvalue weighted by Gasteiger charge is -2.10. The second-order valence-corrected chi connectivity index (χ2v) is 4.67. The SMILES string of the molecule is CCc1ccc(NC(=O)C(C)C)c(Br)c1. The zero-order chi connectivity index (χ0) is 11.4. The van der Waals surface area contributed by atoms with Crippen molar-refractivity contribution in [2.75, 3.05) is 5.32 Å². The molecule has 0 unspecified atom stereocenters. The lowest BCUT2D eigenvalue weighted by Crippen LogP contribution is -2.17. The number of nitrogens with one attached hydrogen (secondary N) is 1. The molecule has 3 heteroatoms. The van der Waals surface area contributed by atoms with Gasteiger partial charge in [0.2, 0.25) is 5.91 Å². The van der Waals surface area contributed by atoms with E-state index in [0.717, 1.165) is 16.6 Å². The summed E-state index contributed by atoms with van der Waals surface area (Å²) >= 11 is 3.45. The maximum atomic E-state index is 11.5. The van der Waals surface area contributed by atoms with E-state index >= 15 is 0 Å². The summed E-state index contributed by atoms with van der Waals surface area (Å²) in [5.74, 6) is 0.0442. The van der Waals surface area contributed by atoms with E-state index in [1.807, 2.05) is 32.0 Å². The van der Waals surface area contributed by atoms with Crippen LogP contribution in [0.1, 0.15) is 26.3 Å². The molecule has 1 N–H and O–H groups in total. The minimum absolute atomic E-state index is 0.00255. The monoisotopic (exact) mass is 269 g/mol. The molecule has 1 aromatic rings. The fourth-order valence-electron chi connectivity index (χ4n) is 1.16. The van der Waals surface area contributed by atoms with E-state index in [1.54, 1.807) is 0 Å². The first-order chi connectivity index (χ1) is 7.04. The fraction of sp³-hybridized carbons (Fsp3) is 0.417. The molecule has 2 nitrogen and oxygen atoms in total. The Balaban J connectivity index is 2.83. The molecule has 0 aliphatic rings. The van der Waals surface area contributed by atoms with E-state index < -0.39 is 0 Å². The van der Waals surface area contributed by atoms with E-state index in [-0.39, 0.29) is 11.8 Å². The van der Waals surface area contributed by atoms with Gasteiger partial charge >= 0.3 is 0 Å². The molecule has 0 spiro atoms. The summed E-state index contributed by atoms with van der Waals surface area (Å²) < 4.78 is 0.941. The van der Waals surface area contributed by atoms with Crippen LogP contribution in [0.3, 0.4) is 0 Å². The Morgan fingerprint density at radius 1 is 1.47 bits per heavy atom. The normalized spacial score (nSPS) is 10.5. The van der Waals surface area contributed by atoms with Gasteiger partial charge in [-0.1, -0.05) is 26.8 Å².